The van der Waals surface area contributed by atoms with Crippen molar-refractivity contribution in [3.63, 3.8) is 0 Å². The summed E-state index contributed by atoms with van der Waals surface area (Å²) in [4.78, 5) is 4.41. The molecule has 0 aliphatic heterocycles. The minimum Gasteiger partial charge on any atom is -0.236 e. The highest BCUT2D eigenvalue weighted by molar-refractivity contribution is 6.30. The number of aromatic nitrogens is 1. The molecule has 0 aliphatic carbocycles. The average Bonchev–Trinajstić information content (AvgIpc) is 2.26. The van der Waals surface area contributed by atoms with Crippen LogP contribution < -0.4 is 0 Å². The molecule has 3 heteroatoms. The number of hydrogen-bond acceptors (Lipinski definition) is 1. The van der Waals surface area contributed by atoms with Gasteiger partial charge in [-0.3, -0.25) is 0 Å². The first-order valence-corrected chi connectivity index (χ1v) is 6.23. The van der Waals surface area contributed by atoms with Crippen LogP contribution in [-0.2, 0) is 6.42 Å². The Morgan fingerprint density at radius 2 is 2.06 bits per heavy atom. The zero-order valence-electron chi connectivity index (χ0n) is 9.13. The third-order valence-electron chi connectivity index (χ3n) is 2.58. The molecule has 0 aliphatic rings. The number of benzene rings is 1. The number of fused-ring (bicyclic) bond motifs is 1. The van der Waals surface area contributed by atoms with Crippen LogP contribution in [0.2, 0.25) is 5.15 Å². The van der Waals surface area contributed by atoms with Gasteiger partial charge in [0, 0.05) is 11.3 Å². The average molecular weight is 254 g/mol. The summed E-state index contributed by atoms with van der Waals surface area (Å²) in [6.07, 6.45) is 1.82. The smallest absolute Gasteiger partial charge is 0.132 e. The van der Waals surface area contributed by atoms with Crippen molar-refractivity contribution < 1.29 is 0 Å². The first-order chi connectivity index (χ1) is 7.70. The monoisotopic (exact) mass is 253 g/mol. The Morgan fingerprint density at radius 3 is 2.81 bits per heavy atom. The Morgan fingerprint density at radius 1 is 1.25 bits per heavy atom. The van der Waals surface area contributed by atoms with Crippen molar-refractivity contribution in [2.24, 2.45) is 0 Å². The molecule has 0 fully saturated rings. The summed E-state index contributed by atoms with van der Waals surface area (Å²) < 4.78 is 0. The van der Waals surface area contributed by atoms with E-state index >= 15 is 0 Å². The van der Waals surface area contributed by atoms with Gasteiger partial charge in [0.25, 0.3) is 0 Å². The molecule has 0 radical (unpaired) electrons. The molecule has 1 aromatic carbocycles. The second-order valence-corrected chi connectivity index (χ2v) is 4.66. The predicted molar refractivity (Wildman–Crippen MR) is 70.5 cm³/mol. The summed E-state index contributed by atoms with van der Waals surface area (Å²) in [5.74, 6) is 0.655. The number of pyridine rings is 1. The lowest BCUT2D eigenvalue weighted by Crippen LogP contribution is -1.92. The Bertz CT molecular complexity index is 509. The lowest BCUT2D eigenvalue weighted by Gasteiger charge is -2.05. The van der Waals surface area contributed by atoms with E-state index in [0.29, 0.717) is 11.0 Å². The van der Waals surface area contributed by atoms with Gasteiger partial charge in [-0.15, -0.1) is 11.6 Å². The molecule has 1 aromatic heterocycles. The van der Waals surface area contributed by atoms with Crippen molar-refractivity contribution >= 4 is 34.1 Å². The van der Waals surface area contributed by atoms with Gasteiger partial charge in [0.2, 0.25) is 0 Å². The highest BCUT2D eigenvalue weighted by atomic mass is 35.5. The molecule has 0 atom stereocenters. The molecule has 0 amide bonds. The largest absolute Gasteiger partial charge is 0.236 e. The number of halogens is 2. The minimum absolute atomic E-state index is 0.600. The topological polar surface area (TPSA) is 12.9 Å². The second-order valence-electron chi connectivity index (χ2n) is 3.93. The first-order valence-electron chi connectivity index (χ1n) is 5.32. The lowest BCUT2D eigenvalue weighted by molar-refractivity contribution is 0.924. The van der Waals surface area contributed by atoms with E-state index in [1.54, 1.807) is 0 Å². The van der Waals surface area contributed by atoms with Gasteiger partial charge in [-0.1, -0.05) is 23.7 Å². The van der Waals surface area contributed by atoms with Crippen LogP contribution in [0.3, 0.4) is 0 Å². The standard InChI is InChI=1S/C13H13Cl2N/c1-9-4-5-10-8-11(3-2-6-14)13(15)16-12(10)7-9/h4-5,7-8H,2-3,6H2,1H3. The molecule has 0 unspecified atom stereocenters. The minimum atomic E-state index is 0.600. The zero-order valence-corrected chi connectivity index (χ0v) is 10.6. The van der Waals surface area contributed by atoms with Crippen molar-refractivity contribution in [3.05, 3.63) is 40.5 Å². The fourth-order valence-electron chi connectivity index (χ4n) is 1.73. The van der Waals surface area contributed by atoms with Gasteiger partial charge in [-0.05, 0) is 43.0 Å². The van der Waals surface area contributed by atoms with Crippen LogP contribution >= 0.6 is 23.2 Å². The van der Waals surface area contributed by atoms with Gasteiger partial charge in [0.1, 0.15) is 5.15 Å². The van der Waals surface area contributed by atoms with E-state index in [0.717, 1.165) is 29.3 Å². The number of alkyl halides is 1. The number of aryl methyl sites for hydroxylation is 2. The molecular formula is C13H13Cl2N. The van der Waals surface area contributed by atoms with E-state index in [9.17, 15) is 0 Å². The SMILES string of the molecule is Cc1ccc2cc(CCCCl)c(Cl)nc2c1. The summed E-state index contributed by atoms with van der Waals surface area (Å²) in [5, 5.41) is 1.74. The number of hydrogen-bond donors (Lipinski definition) is 0. The summed E-state index contributed by atoms with van der Waals surface area (Å²) in [6.45, 7) is 2.05. The summed E-state index contributed by atoms with van der Waals surface area (Å²) in [5.41, 5.74) is 3.24. The van der Waals surface area contributed by atoms with Gasteiger partial charge < -0.3 is 0 Å². The molecule has 0 saturated heterocycles. The van der Waals surface area contributed by atoms with E-state index in [-0.39, 0.29) is 0 Å². The number of nitrogens with zero attached hydrogens (tertiary/aromatic N) is 1. The van der Waals surface area contributed by atoms with Crippen LogP contribution in [0, 0.1) is 6.92 Å². The Labute approximate surface area is 105 Å². The molecule has 2 aromatic rings. The molecule has 84 valence electrons. The Hall–Kier alpha value is -0.790. The van der Waals surface area contributed by atoms with E-state index < -0.39 is 0 Å². The first kappa shape index (κ1) is 11.7. The van der Waals surface area contributed by atoms with E-state index in [4.69, 9.17) is 23.2 Å². The predicted octanol–water partition coefficient (Wildman–Crippen LogP) is 4.37. The molecular weight excluding hydrogens is 241 g/mol. The van der Waals surface area contributed by atoms with Crippen molar-refractivity contribution in [2.45, 2.75) is 19.8 Å². The summed E-state index contributed by atoms with van der Waals surface area (Å²) in [7, 11) is 0. The maximum Gasteiger partial charge on any atom is 0.132 e. The molecule has 1 nitrogen and oxygen atoms in total. The second kappa shape index (κ2) is 5.03. The molecule has 0 spiro atoms. The lowest BCUT2D eigenvalue weighted by atomic mass is 10.1. The van der Waals surface area contributed by atoms with Gasteiger partial charge in [0.05, 0.1) is 5.52 Å². The van der Waals surface area contributed by atoms with Gasteiger partial charge >= 0.3 is 0 Å². The molecule has 0 N–H and O–H groups in total. The van der Waals surface area contributed by atoms with Gasteiger partial charge in [-0.25, -0.2) is 4.98 Å². The molecule has 1 heterocycles. The van der Waals surface area contributed by atoms with Crippen LogP contribution in [0.15, 0.2) is 24.3 Å². The van der Waals surface area contributed by atoms with E-state index in [1.807, 2.05) is 6.07 Å². The fourth-order valence-corrected chi connectivity index (χ4v) is 2.10. The number of rotatable bonds is 3. The molecule has 16 heavy (non-hydrogen) atoms. The quantitative estimate of drug-likeness (QED) is 0.585. The zero-order chi connectivity index (χ0) is 11.5. The van der Waals surface area contributed by atoms with E-state index in [2.05, 4.69) is 30.1 Å². The normalized spacial score (nSPS) is 10.9. The van der Waals surface area contributed by atoms with Crippen molar-refractivity contribution in [1.82, 2.24) is 4.98 Å². The Kier molecular flexibility index (Phi) is 3.67. The molecule has 0 saturated carbocycles. The van der Waals surface area contributed by atoms with Crippen LogP contribution in [0.1, 0.15) is 17.5 Å². The summed E-state index contributed by atoms with van der Waals surface area (Å²) >= 11 is 11.8. The third-order valence-corrected chi connectivity index (χ3v) is 3.17. The van der Waals surface area contributed by atoms with Gasteiger partial charge in [-0.2, -0.15) is 0 Å². The van der Waals surface area contributed by atoms with Crippen molar-refractivity contribution in [3.8, 4) is 0 Å². The summed E-state index contributed by atoms with van der Waals surface area (Å²) in [6, 6.07) is 8.32. The fraction of sp³-hybridized carbons (Fsp3) is 0.308. The highest BCUT2D eigenvalue weighted by Crippen LogP contribution is 2.22. The van der Waals surface area contributed by atoms with Crippen molar-refractivity contribution in [1.29, 1.82) is 0 Å². The van der Waals surface area contributed by atoms with Crippen LogP contribution in [0.5, 0.6) is 0 Å². The van der Waals surface area contributed by atoms with Crippen LogP contribution in [0.4, 0.5) is 0 Å². The third kappa shape index (κ3) is 2.47. The molecule has 0 bridgehead atoms. The van der Waals surface area contributed by atoms with Crippen LogP contribution in [-0.4, -0.2) is 10.9 Å². The molecule has 2 rings (SSSR count). The highest BCUT2D eigenvalue weighted by Gasteiger charge is 2.04. The van der Waals surface area contributed by atoms with E-state index in [1.165, 1.54) is 5.56 Å². The van der Waals surface area contributed by atoms with Crippen molar-refractivity contribution in [2.75, 3.05) is 5.88 Å². The van der Waals surface area contributed by atoms with Crippen LogP contribution in [0.25, 0.3) is 10.9 Å². The maximum absolute atomic E-state index is 6.14. The maximum atomic E-state index is 6.14. The van der Waals surface area contributed by atoms with Gasteiger partial charge in [0.15, 0.2) is 0 Å². The Balaban J connectivity index is 2.45.